The molecule has 0 aliphatic carbocycles. The first-order valence-corrected chi connectivity index (χ1v) is 9.37. The lowest BCUT2D eigenvalue weighted by atomic mass is 10.2. The molecule has 0 saturated heterocycles. The maximum atomic E-state index is 12.1. The lowest BCUT2D eigenvalue weighted by molar-refractivity contribution is -0.120. The zero-order valence-electron chi connectivity index (χ0n) is 15.8. The van der Waals surface area contributed by atoms with Gasteiger partial charge in [0.05, 0.1) is 13.7 Å². The number of nitrogens with one attached hydrogen (secondary N) is 2. The Morgan fingerprint density at radius 2 is 1.85 bits per heavy atom. The topological polar surface area (TPSA) is 66.0 Å². The van der Waals surface area contributed by atoms with Crippen LogP contribution in [0.1, 0.15) is 11.1 Å². The quantitative estimate of drug-likeness (QED) is 0.521. The van der Waals surface area contributed by atoms with Crippen molar-refractivity contribution in [2.45, 2.75) is 13.1 Å². The van der Waals surface area contributed by atoms with Gasteiger partial charge in [-0.3, -0.25) is 9.79 Å². The number of amides is 1. The Labute approximate surface area is 168 Å². The fraction of sp³-hybridized carbons (Fsp3) is 0.300. The maximum absolute atomic E-state index is 12.1. The summed E-state index contributed by atoms with van der Waals surface area (Å²) in [5.74, 6) is 1.36. The summed E-state index contributed by atoms with van der Waals surface area (Å²) in [6.45, 7) is 1.30. The predicted molar refractivity (Wildman–Crippen MR) is 112 cm³/mol. The van der Waals surface area contributed by atoms with Crippen molar-refractivity contribution in [1.82, 2.24) is 15.5 Å². The molecular weight excluding hydrogens is 408 g/mol. The van der Waals surface area contributed by atoms with E-state index in [2.05, 4.69) is 37.6 Å². The van der Waals surface area contributed by atoms with Crippen molar-refractivity contribution in [2.75, 3.05) is 27.7 Å². The Morgan fingerprint density at radius 3 is 2.48 bits per heavy atom. The molecule has 144 valence electrons. The zero-order valence-corrected chi connectivity index (χ0v) is 17.4. The molecule has 0 aromatic heterocycles. The van der Waals surface area contributed by atoms with Gasteiger partial charge in [-0.2, -0.15) is 0 Å². The second kappa shape index (κ2) is 10.6. The van der Waals surface area contributed by atoms with Crippen LogP contribution in [0.2, 0.25) is 0 Å². The molecule has 0 spiro atoms. The van der Waals surface area contributed by atoms with Crippen molar-refractivity contribution in [2.24, 2.45) is 4.99 Å². The molecule has 0 aliphatic heterocycles. The number of ether oxygens (including phenoxy) is 1. The highest BCUT2D eigenvalue weighted by atomic mass is 79.9. The lowest BCUT2D eigenvalue weighted by Crippen LogP contribution is -2.43. The van der Waals surface area contributed by atoms with Crippen molar-refractivity contribution < 1.29 is 9.53 Å². The van der Waals surface area contributed by atoms with E-state index < -0.39 is 0 Å². The first-order valence-electron chi connectivity index (χ1n) is 8.58. The van der Waals surface area contributed by atoms with E-state index in [1.54, 1.807) is 14.2 Å². The third kappa shape index (κ3) is 6.60. The van der Waals surface area contributed by atoms with Crippen molar-refractivity contribution >= 4 is 27.8 Å². The molecule has 7 heteroatoms. The van der Waals surface area contributed by atoms with E-state index >= 15 is 0 Å². The molecule has 0 atom stereocenters. The lowest BCUT2D eigenvalue weighted by Gasteiger charge is -2.22. The second-order valence-electron chi connectivity index (χ2n) is 5.97. The number of benzene rings is 2. The fourth-order valence-corrected chi connectivity index (χ4v) is 2.92. The Bertz CT molecular complexity index is 778. The molecule has 0 radical (unpaired) electrons. The number of hydrogen-bond acceptors (Lipinski definition) is 3. The molecule has 1 amide bonds. The minimum atomic E-state index is -0.0961. The van der Waals surface area contributed by atoms with E-state index in [0.29, 0.717) is 19.0 Å². The SMILES string of the molecule is CN=C(NCC(=O)NCc1ccc(OC)cc1)N(C)Cc1ccccc1Br. The van der Waals surface area contributed by atoms with Crippen molar-refractivity contribution in [3.05, 3.63) is 64.1 Å². The molecule has 0 bridgehead atoms. The average molecular weight is 433 g/mol. The summed E-state index contributed by atoms with van der Waals surface area (Å²) in [6, 6.07) is 15.6. The second-order valence-corrected chi connectivity index (χ2v) is 6.83. The van der Waals surface area contributed by atoms with E-state index in [4.69, 9.17) is 4.74 Å². The smallest absolute Gasteiger partial charge is 0.239 e. The number of aliphatic imine (C=N–C) groups is 1. The van der Waals surface area contributed by atoms with E-state index in [-0.39, 0.29) is 12.5 Å². The number of nitrogens with zero attached hydrogens (tertiary/aromatic N) is 2. The van der Waals surface area contributed by atoms with Gasteiger partial charge in [-0.25, -0.2) is 0 Å². The van der Waals surface area contributed by atoms with Gasteiger partial charge in [-0.1, -0.05) is 46.3 Å². The third-order valence-corrected chi connectivity index (χ3v) is 4.77. The molecule has 0 fully saturated rings. The Morgan fingerprint density at radius 1 is 1.15 bits per heavy atom. The summed E-state index contributed by atoms with van der Waals surface area (Å²) < 4.78 is 6.17. The molecule has 27 heavy (non-hydrogen) atoms. The largest absolute Gasteiger partial charge is 0.497 e. The molecule has 0 heterocycles. The van der Waals surface area contributed by atoms with Crippen LogP contribution in [0.25, 0.3) is 0 Å². The summed E-state index contributed by atoms with van der Waals surface area (Å²) in [7, 11) is 5.26. The summed E-state index contributed by atoms with van der Waals surface area (Å²) in [6.07, 6.45) is 0. The molecule has 0 aliphatic rings. The molecule has 2 N–H and O–H groups in total. The van der Waals surface area contributed by atoms with Crippen LogP contribution in [0.4, 0.5) is 0 Å². The van der Waals surface area contributed by atoms with Gasteiger partial charge in [0.15, 0.2) is 5.96 Å². The number of guanidine groups is 1. The average Bonchev–Trinajstić information content (AvgIpc) is 2.69. The summed E-state index contributed by atoms with van der Waals surface area (Å²) in [4.78, 5) is 18.3. The summed E-state index contributed by atoms with van der Waals surface area (Å²) >= 11 is 3.55. The Balaban J connectivity index is 1.80. The van der Waals surface area contributed by atoms with Gasteiger partial charge in [-0.15, -0.1) is 0 Å². The Hall–Kier alpha value is -2.54. The number of carbonyl (C=O) groups excluding carboxylic acids is 1. The van der Waals surface area contributed by atoms with Crippen LogP contribution < -0.4 is 15.4 Å². The first-order chi connectivity index (χ1) is 13.0. The minimum absolute atomic E-state index is 0.0961. The fourth-order valence-electron chi connectivity index (χ4n) is 2.51. The zero-order chi connectivity index (χ0) is 19.6. The van der Waals surface area contributed by atoms with Crippen molar-refractivity contribution in [3.63, 3.8) is 0 Å². The standard InChI is InChI=1S/C20H25BrN4O2/c1-22-20(25(2)14-16-6-4-5-7-18(16)21)24-13-19(26)23-12-15-8-10-17(27-3)11-9-15/h4-11H,12-14H2,1-3H3,(H,22,24)(H,23,26). The molecule has 2 aromatic carbocycles. The normalized spacial score (nSPS) is 11.0. The highest BCUT2D eigenvalue weighted by molar-refractivity contribution is 9.10. The monoisotopic (exact) mass is 432 g/mol. The highest BCUT2D eigenvalue weighted by Crippen LogP contribution is 2.17. The summed E-state index contributed by atoms with van der Waals surface area (Å²) in [5.41, 5.74) is 2.16. The van der Waals surface area contributed by atoms with Gasteiger partial charge < -0.3 is 20.3 Å². The van der Waals surface area contributed by atoms with Crippen molar-refractivity contribution in [1.29, 1.82) is 0 Å². The summed E-state index contributed by atoms with van der Waals surface area (Å²) in [5, 5.41) is 5.98. The van der Waals surface area contributed by atoms with Crippen molar-refractivity contribution in [3.8, 4) is 5.75 Å². The van der Waals surface area contributed by atoms with Crippen LogP contribution in [-0.4, -0.2) is 44.5 Å². The van der Waals surface area contributed by atoms with Gasteiger partial charge in [0.25, 0.3) is 0 Å². The highest BCUT2D eigenvalue weighted by Gasteiger charge is 2.10. The van der Waals surface area contributed by atoms with Gasteiger partial charge in [0, 0.05) is 31.7 Å². The van der Waals surface area contributed by atoms with Crippen LogP contribution in [0, 0.1) is 0 Å². The molecule has 2 rings (SSSR count). The van der Waals surface area contributed by atoms with Crippen LogP contribution in [0.15, 0.2) is 58.0 Å². The first kappa shape index (κ1) is 20.8. The molecular formula is C20H25BrN4O2. The van der Waals surface area contributed by atoms with E-state index in [0.717, 1.165) is 21.3 Å². The van der Waals surface area contributed by atoms with Crippen LogP contribution >= 0.6 is 15.9 Å². The van der Waals surface area contributed by atoms with Gasteiger partial charge in [-0.05, 0) is 29.3 Å². The minimum Gasteiger partial charge on any atom is -0.497 e. The third-order valence-electron chi connectivity index (χ3n) is 3.99. The van der Waals surface area contributed by atoms with Gasteiger partial charge >= 0.3 is 0 Å². The van der Waals surface area contributed by atoms with Crippen LogP contribution in [0.3, 0.4) is 0 Å². The number of carbonyl (C=O) groups is 1. The Kier molecular flexibility index (Phi) is 8.13. The van der Waals surface area contributed by atoms with Crippen LogP contribution in [-0.2, 0) is 17.9 Å². The number of halogens is 1. The number of rotatable bonds is 7. The van der Waals surface area contributed by atoms with E-state index in [1.807, 2.05) is 54.4 Å². The number of hydrogen-bond donors (Lipinski definition) is 2. The number of methoxy groups -OCH3 is 1. The predicted octanol–water partition coefficient (Wildman–Crippen LogP) is 2.78. The molecule has 0 saturated carbocycles. The molecule has 2 aromatic rings. The van der Waals surface area contributed by atoms with Gasteiger partial charge in [0.2, 0.25) is 5.91 Å². The maximum Gasteiger partial charge on any atom is 0.239 e. The van der Waals surface area contributed by atoms with Crippen LogP contribution in [0.5, 0.6) is 5.75 Å². The van der Waals surface area contributed by atoms with E-state index in [9.17, 15) is 4.79 Å². The molecule has 6 nitrogen and oxygen atoms in total. The van der Waals surface area contributed by atoms with E-state index in [1.165, 1.54) is 0 Å². The molecule has 0 unspecified atom stereocenters. The van der Waals surface area contributed by atoms with Gasteiger partial charge in [0.1, 0.15) is 5.75 Å².